The molecule has 3 aliphatic rings. The molecule has 27 nitrogen and oxygen atoms in total. The number of primary amides is 1. The summed E-state index contributed by atoms with van der Waals surface area (Å²) in [5.41, 5.74) is 5.65. The lowest BCUT2D eigenvalue weighted by atomic mass is 9.93. The minimum Gasteiger partial charge on any atom is -0.445 e. The molecule has 8 rings (SSSR count). The maximum Gasteiger partial charge on any atom is 0.410 e. The molecule has 0 saturated heterocycles. The SMILES string of the molecule is CC(C)[C@H](NC(=O)CCCCCN1C(=O)C=CC1=O)C(=O)N[C@@H](CCCNC(N)=O)C(=O)Nc1ccc(COC(=O)N(CCCCN2C(=O)c3cccc4cc([N+](=O)[O-])cc(c34)C2=O)CCCN2C(=O)c3cccc4cc([N+](=O)[O-])cc(c34)C2=O)cc1. The van der Waals surface area contributed by atoms with Crippen LogP contribution in [-0.4, -0.2) is 146 Å². The van der Waals surface area contributed by atoms with Gasteiger partial charge in [-0.3, -0.25) is 78.1 Å². The lowest BCUT2D eigenvalue weighted by Crippen LogP contribution is -2.54. The predicted octanol–water partition coefficient (Wildman–Crippen LogP) is 6.01. The van der Waals surface area contributed by atoms with Gasteiger partial charge in [-0.2, -0.15) is 0 Å². The average Bonchev–Trinajstić information content (AvgIpc) is 1.14. The number of unbranched alkanes of at least 4 members (excludes halogenated alkanes) is 3. The smallest absolute Gasteiger partial charge is 0.410 e. The largest absolute Gasteiger partial charge is 0.445 e. The number of urea groups is 1. The van der Waals surface area contributed by atoms with Gasteiger partial charge in [0.15, 0.2) is 0 Å². The number of ether oxygens (including phenoxy) is 1. The van der Waals surface area contributed by atoms with E-state index >= 15 is 0 Å². The molecule has 0 radical (unpaired) electrons. The van der Waals surface area contributed by atoms with Crippen molar-refractivity contribution in [1.82, 2.24) is 35.6 Å². The Labute approximate surface area is 496 Å². The molecule has 0 spiro atoms. The molecule has 12 amide bonds. The highest BCUT2D eigenvalue weighted by molar-refractivity contribution is 6.27. The molecule has 0 bridgehead atoms. The molecule has 87 heavy (non-hydrogen) atoms. The lowest BCUT2D eigenvalue weighted by molar-refractivity contribution is -0.384. The molecular weight excluding hydrogens is 1130 g/mol. The van der Waals surface area contributed by atoms with E-state index in [1.54, 1.807) is 50.2 Å². The number of nitrogens with zero attached hydrogens (tertiary/aromatic N) is 6. The molecule has 3 heterocycles. The molecule has 5 aromatic rings. The van der Waals surface area contributed by atoms with E-state index in [-0.39, 0.29) is 129 Å². The number of nitro benzene ring substituents is 2. The Morgan fingerprint density at radius 3 is 1.69 bits per heavy atom. The second-order valence-corrected chi connectivity index (χ2v) is 21.4. The quantitative estimate of drug-likeness (QED) is 0.0158. The fourth-order valence-electron chi connectivity index (χ4n) is 10.6. The summed E-state index contributed by atoms with van der Waals surface area (Å²) in [7, 11) is 0. The van der Waals surface area contributed by atoms with Crippen LogP contribution in [0.4, 0.5) is 26.7 Å². The lowest BCUT2D eigenvalue weighted by Gasteiger charge is -2.29. The first-order valence-corrected chi connectivity index (χ1v) is 28.2. The van der Waals surface area contributed by atoms with Gasteiger partial charge in [0.1, 0.15) is 18.7 Å². The van der Waals surface area contributed by atoms with Crippen LogP contribution >= 0.6 is 0 Å². The maximum atomic E-state index is 14.0. The minimum atomic E-state index is -1.16. The van der Waals surface area contributed by atoms with Gasteiger partial charge < -0.3 is 36.6 Å². The van der Waals surface area contributed by atoms with Gasteiger partial charge in [-0.05, 0) is 91.5 Å². The highest BCUT2D eigenvalue weighted by Gasteiger charge is 2.37. The molecular formula is C60H63N11O16. The average molecular weight is 1190 g/mol. The number of carbonyl (C=O) groups excluding carboxylic acids is 11. The molecule has 0 fully saturated rings. The fourth-order valence-corrected chi connectivity index (χ4v) is 10.6. The summed E-state index contributed by atoms with van der Waals surface area (Å²) >= 11 is 0. The second-order valence-electron chi connectivity index (χ2n) is 21.4. The summed E-state index contributed by atoms with van der Waals surface area (Å²) in [5.74, 6) is -5.58. The van der Waals surface area contributed by atoms with Crippen LogP contribution in [-0.2, 0) is 35.3 Å². The number of anilines is 1. The van der Waals surface area contributed by atoms with Gasteiger partial charge >= 0.3 is 12.1 Å². The van der Waals surface area contributed by atoms with E-state index < -0.39 is 93.1 Å². The summed E-state index contributed by atoms with van der Waals surface area (Å²) < 4.78 is 5.75. The molecule has 454 valence electrons. The summed E-state index contributed by atoms with van der Waals surface area (Å²) in [4.78, 5) is 171. The Hall–Kier alpha value is -10.5. The van der Waals surface area contributed by atoms with E-state index in [0.717, 1.165) is 26.8 Å². The van der Waals surface area contributed by atoms with Crippen molar-refractivity contribution in [2.45, 2.75) is 90.3 Å². The third kappa shape index (κ3) is 14.9. The van der Waals surface area contributed by atoms with E-state index in [0.29, 0.717) is 41.0 Å². The topological polar surface area (TPSA) is 370 Å². The third-order valence-electron chi connectivity index (χ3n) is 15.0. The minimum absolute atomic E-state index is 0.00158. The van der Waals surface area contributed by atoms with Crippen molar-refractivity contribution in [3.63, 3.8) is 0 Å². The Bertz CT molecular complexity index is 3640. The fraction of sp³-hybridized carbons (Fsp3) is 0.350. The van der Waals surface area contributed by atoms with Crippen LogP contribution in [0.2, 0.25) is 0 Å². The molecule has 0 saturated carbocycles. The zero-order valence-corrected chi connectivity index (χ0v) is 47.6. The highest BCUT2D eigenvalue weighted by Crippen LogP contribution is 2.35. The number of benzene rings is 5. The van der Waals surface area contributed by atoms with Crippen molar-refractivity contribution in [3.8, 4) is 0 Å². The monoisotopic (exact) mass is 1190 g/mol. The number of nitrogens with two attached hydrogens (primary N) is 1. The van der Waals surface area contributed by atoms with Gasteiger partial charge in [-0.25, -0.2) is 9.59 Å². The second kappa shape index (κ2) is 27.9. The summed E-state index contributed by atoms with van der Waals surface area (Å²) in [5, 5.41) is 35.5. The number of amides is 12. The summed E-state index contributed by atoms with van der Waals surface area (Å²) in [6.45, 7) is 3.03. The van der Waals surface area contributed by atoms with Gasteiger partial charge in [-0.1, -0.05) is 56.7 Å². The number of non-ortho nitro benzene ring substituents is 2. The van der Waals surface area contributed by atoms with E-state index in [1.165, 1.54) is 53.5 Å². The maximum absolute atomic E-state index is 14.0. The first kappa shape index (κ1) is 62.6. The van der Waals surface area contributed by atoms with Crippen LogP contribution in [0.1, 0.15) is 119 Å². The zero-order chi connectivity index (χ0) is 62.6. The number of nitrogens with one attached hydrogen (secondary N) is 4. The molecule has 3 aliphatic heterocycles. The number of hydrogen-bond donors (Lipinski definition) is 5. The standard InChI is InChI=1S/C60H63N11O16/c1-35(2)52(65-47(72)17-4-3-5-27-67-48(73)22-23-49(67)74)54(76)64-46(16-10-24-62-59(61)81)53(75)63-39-20-18-36(19-21-39)34-87-60(82)66(26-11-29-69-56(78)43-15-9-13-38-31-41(71(85)86)33-45(51(38)43)58(69)80)25-6-7-28-68-55(77)42-14-8-12-37-30-40(70(83)84)32-44(50(37)42)57(68)79/h8-9,12-15,18-23,30-33,35,46,52H,3-7,10-11,16-17,24-29,34H2,1-2H3,(H,63,75)(H,64,76)(H,65,72)(H3,61,62,81)/t46-,52-/m0/s1. The van der Waals surface area contributed by atoms with Crippen LogP contribution < -0.4 is 27.0 Å². The van der Waals surface area contributed by atoms with Crippen LogP contribution in [0.25, 0.3) is 21.5 Å². The molecule has 6 N–H and O–H groups in total. The highest BCUT2D eigenvalue weighted by atomic mass is 16.6. The Morgan fingerprint density at radius 2 is 1.14 bits per heavy atom. The van der Waals surface area contributed by atoms with Gasteiger partial charge in [0.25, 0.3) is 46.8 Å². The number of imide groups is 3. The van der Waals surface area contributed by atoms with Crippen LogP contribution in [0.3, 0.4) is 0 Å². The molecule has 0 aromatic heterocycles. The van der Waals surface area contributed by atoms with Crippen molar-refractivity contribution in [1.29, 1.82) is 0 Å². The number of rotatable bonds is 29. The van der Waals surface area contributed by atoms with Gasteiger partial charge in [-0.15, -0.1) is 0 Å². The van der Waals surface area contributed by atoms with Crippen LogP contribution in [0, 0.1) is 26.1 Å². The zero-order valence-electron chi connectivity index (χ0n) is 47.6. The van der Waals surface area contributed by atoms with Crippen molar-refractivity contribution in [2.75, 3.05) is 44.6 Å². The number of carbonyl (C=O) groups is 11. The molecule has 27 heteroatoms. The van der Waals surface area contributed by atoms with Crippen molar-refractivity contribution in [2.24, 2.45) is 11.7 Å². The van der Waals surface area contributed by atoms with Crippen molar-refractivity contribution in [3.05, 3.63) is 145 Å². The van der Waals surface area contributed by atoms with Crippen molar-refractivity contribution < 1.29 is 67.3 Å². The van der Waals surface area contributed by atoms with E-state index in [2.05, 4.69) is 21.3 Å². The Balaban J connectivity index is 0.896. The van der Waals surface area contributed by atoms with Gasteiger partial charge in [0, 0.05) is 110 Å². The van der Waals surface area contributed by atoms with Crippen LogP contribution in [0.5, 0.6) is 0 Å². The number of nitro groups is 2. The van der Waals surface area contributed by atoms with E-state index in [9.17, 15) is 73.0 Å². The van der Waals surface area contributed by atoms with E-state index in [1.807, 2.05) is 0 Å². The normalized spacial score (nSPS) is 14.2. The third-order valence-corrected chi connectivity index (χ3v) is 15.0. The summed E-state index contributed by atoms with van der Waals surface area (Å²) in [6.07, 6.45) is 3.72. The van der Waals surface area contributed by atoms with Gasteiger partial charge in [0.05, 0.1) is 21.0 Å². The molecule has 5 aromatic carbocycles. The predicted molar refractivity (Wildman–Crippen MR) is 312 cm³/mol. The van der Waals surface area contributed by atoms with Crippen LogP contribution in [0.15, 0.2) is 97.1 Å². The Morgan fingerprint density at radius 1 is 0.609 bits per heavy atom. The Kier molecular flexibility index (Phi) is 20.1. The van der Waals surface area contributed by atoms with Gasteiger partial charge in [0.2, 0.25) is 17.7 Å². The molecule has 0 unspecified atom stereocenters. The first-order valence-electron chi connectivity index (χ1n) is 28.2. The first-order chi connectivity index (χ1) is 41.6. The summed E-state index contributed by atoms with van der Waals surface area (Å²) in [6, 6.07) is 17.3. The van der Waals surface area contributed by atoms with Crippen molar-refractivity contribution >= 4 is 104 Å². The van der Waals surface area contributed by atoms with E-state index in [4.69, 9.17) is 10.5 Å². The molecule has 2 atom stereocenters. The molecule has 0 aliphatic carbocycles. The number of hydrogen-bond acceptors (Lipinski definition) is 16.